The molecule has 0 aliphatic rings. The predicted octanol–water partition coefficient (Wildman–Crippen LogP) is 7.59. The van der Waals surface area contributed by atoms with Gasteiger partial charge in [-0.1, -0.05) is 51.5 Å². The molecule has 0 aromatic heterocycles. The largest absolute Gasteiger partial charge is 0.478 e. The van der Waals surface area contributed by atoms with E-state index < -0.39 is 74.5 Å². The highest BCUT2D eigenvalue weighted by Gasteiger charge is 2.42. The molecule has 0 bridgehead atoms. The third-order valence-corrected chi connectivity index (χ3v) is 7.33. The fourth-order valence-electron chi connectivity index (χ4n) is 4.17. The van der Waals surface area contributed by atoms with E-state index in [1.165, 1.54) is 12.1 Å². The van der Waals surface area contributed by atoms with Crippen molar-refractivity contribution in [3.8, 4) is 11.5 Å². The molecule has 2 rings (SSSR count). The highest BCUT2D eigenvalue weighted by atomic mass is 28.3. The number of aromatic carboxylic acids is 1. The van der Waals surface area contributed by atoms with Crippen LogP contribution in [0.4, 0.5) is 24.5 Å². The summed E-state index contributed by atoms with van der Waals surface area (Å²) in [6, 6.07) is 4.88. The van der Waals surface area contributed by atoms with Crippen LogP contribution in [0.25, 0.3) is 0 Å². The molecule has 2 aromatic carbocycles. The molecule has 2 N–H and O–H groups in total. The van der Waals surface area contributed by atoms with Crippen molar-refractivity contribution in [2.75, 3.05) is 5.32 Å². The summed E-state index contributed by atoms with van der Waals surface area (Å²) in [5.41, 5.74) is 0.364. The Morgan fingerprint density at radius 3 is 2.23 bits per heavy atom. The summed E-state index contributed by atoms with van der Waals surface area (Å²) in [7, 11) is -2.78. The first-order chi connectivity index (χ1) is 18.2. The van der Waals surface area contributed by atoms with Gasteiger partial charge in [0.05, 0.1) is 28.8 Å². The van der Waals surface area contributed by atoms with Crippen LogP contribution in [-0.2, 0) is 9.26 Å². The van der Waals surface area contributed by atoms with E-state index in [-0.39, 0.29) is 5.69 Å². The molecule has 1 atom stereocenters. The maximum atomic E-state index is 15.2. The van der Waals surface area contributed by atoms with Crippen molar-refractivity contribution in [3.05, 3.63) is 58.4 Å². The van der Waals surface area contributed by atoms with Crippen LogP contribution >= 0.6 is 0 Å². The Labute approximate surface area is 237 Å². The van der Waals surface area contributed by atoms with Gasteiger partial charge in [-0.15, -0.1) is 5.54 Å². The number of carboxylic acid groups (broad SMARTS) is 1. The molecule has 0 saturated carbocycles. The van der Waals surface area contributed by atoms with Crippen LogP contribution in [0.1, 0.15) is 56.1 Å². The van der Waals surface area contributed by atoms with Crippen molar-refractivity contribution < 1.29 is 32.3 Å². The first kappa shape index (κ1) is 33.1. The topological polar surface area (TPSA) is 80.2 Å². The van der Waals surface area contributed by atoms with Gasteiger partial charge in [0.15, 0.2) is 17.7 Å². The number of rotatable bonds is 9. The van der Waals surface area contributed by atoms with E-state index in [2.05, 4.69) is 21.9 Å². The molecule has 11 heteroatoms. The summed E-state index contributed by atoms with van der Waals surface area (Å²) in [5.74, 6) is -2.29. The van der Waals surface area contributed by atoms with Crippen LogP contribution in [0.5, 0.6) is 0 Å². The number of halogens is 3. The SMILES string of the molecule is C[Si](C)OC(C)(C)C(ON=Cc1cc(C(=O)O)c(Nc2ccc(C#C[Si](C)(C)C)cc2F)c(F)c1F)C(C)(C)C. The van der Waals surface area contributed by atoms with Crippen LogP contribution in [0.15, 0.2) is 29.4 Å². The lowest BCUT2D eigenvalue weighted by atomic mass is 9.80. The van der Waals surface area contributed by atoms with E-state index in [4.69, 9.17) is 9.26 Å². The minimum absolute atomic E-state index is 0.230. The molecule has 0 saturated heterocycles. The van der Waals surface area contributed by atoms with E-state index in [0.717, 1.165) is 18.3 Å². The van der Waals surface area contributed by atoms with Crippen molar-refractivity contribution in [3.63, 3.8) is 0 Å². The van der Waals surface area contributed by atoms with Crippen molar-refractivity contribution in [1.82, 2.24) is 0 Å². The molecule has 1 radical (unpaired) electrons. The standard InChI is InChI=1S/C29H38F3N2O4Si2/c1-28(2,3)27(29(4,5)38-39(6)7)37-33-17-19-16-20(26(35)36)25(24(32)23(19)31)34-22-12-11-18(15-21(22)30)13-14-40(8,9)10/h11-12,15-17,27,34H,1-10H3,(H,35,36). The normalized spacial score (nSPS) is 13.2. The maximum absolute atomic E-state index is 15.2. The Balaban J connectivity index is 2.43. The molecular weight excluding hydrogens is 553 g/mol. The van der Waals surface area contributed by atoms with Gasteiger partial charge in [-0.25, -0.2) is 18.0 Å². The van der Waals surface area contributed by atoms with Crippen LogP contribution in [-0.4, -0.2) is 46.1 Å². The van der Waals surface area contributed by atoms with Gasteiger partial charge in [0.25, 0.3) is 0 Å². The Hall–Kier alpha value is -3.08. The van der Waals surface area contributed by atoms with Gasteiger partial charge in [0.2, 0.25) is 9.04 Å². The van der Waals surface area contributed by atoms with Gasteiger partial charge in [0, 0.05) is 16.5 Å². The van der Waals surface area contributed by atoms with E-state index in [1.807, 2.05) is 67.4 Å². The van der Waals surface area contributed by atoms with Crippen LogP contribution in [0.2, 0.25) is 32.7 Å². The number of carbonyl (C=O) groups is 1. The number of hydrogen-bond donors (Lipinski definition) is 2. The van der Waals surface area contributed by atoms with E-state index in [9.17, 15) is 14.3 Å². The number of carboxylic acids is 1. The zero-order chi connectivity index (χ0) is 30.6. The average molecular weight is 592 g/mol. The van der Waals surface area contributed by atoms with Gasteiger partial charge in [-0.05, 0) is 51.2 Å². The molecule has 0 amide bonds. The monoisotopic (exact) mass is 591 g/mol. The summed E-state index contributed by atoms with van der Waals surface area (Å²) in [4.78, 5) is 17.7. The molecule has 40 heavy (non-hydrogen) atoms. The van der Waals surface area contributed by atoms with Gasteiger partial charge in [-0.2, -0.15) is 0 Å². The molecule has 2 aromatic rings. The third kappa shape index (κ3) is 8.97. The van der Waals surface area contributed by atoms with Gasteiger partial charge >= 0.3 is 5.97 Å². The number of nitrogens with zero attached hydrogens (tertiary/aromatic N) is 1. The molecule has 0 heterocycles. The maximum Gasteiger partial charge on any atom is 0.337 e. The van der Waals surface area contributed by atoms with Gasteiger partial charge in [-0.3, -0.25) is 0 Å². The number of oxime groups is 1. The van der Waals surface area contributed by atoms with Crippen molar-refractivity contribution in [2.24, 2.45) is 10.6 Å². The molecule has 1 unspecified atom stereocenters. The van der Waals surface area contributed by atoms with E-state index in [0.29, 0.717) is 5.56 Å². The fraction of sp³-hybridized carbons (Fsp3) is 0.448. The van der Waals surface area contributed by atoms with Crippen molar-refractivity contribution >= 4 is 40.7 Å². The summed E-state index contributed by atoms with van der Waals surface area (Å²) >= 11 is 0. The first-order valence-electron chi connectivity index (χ1n) is 12.8. The molecule has 217 valence electrons. The highest BCUT2D eigenvalue weighted by Crippen LogP contribution is 2.34. The lowest BCUT2D eigenvalue weighted by Gasteiger charge is -2.41. The average Bonchev–Trinajstić information content (AvgIpc) is 2.78. The van der Waals surface area contributed by atoms with Gasteiger partial charge < -0.3 is 19.7 Å². The molecular formula is C29H38F3N2O4Si2. The number of hydrogen-bond acceptors (Lipinski definition) is 5. The first-order valence-corrected chi connectivity index (χ1v) is 18.7. The molecule has 0 aliphatic carbocycles. The van der Waals surface area contributed by atoms with Crippen LogP contribution in [0.3, 0.4) is 0 Å². The second-order valence-corrected chi connectivity index (χ2v) is 19.1. The number of nitrogens with one attached hydrogen (secondary N) is 1. The van der Waals surface area contributed by atoms with E-state index >= 15 is 8.78 Å². The highest BCUT2D eigenvalue weighted by molar-refractivity contribution is 6.83. The van der Waals surface area contributed by atoms with E-state index in [1.54, 1.807) is 0 Å². The quantitative estimate of drug-likeness (QED) is 0.136. The van der Waals surface area contributed by atoms with Crippen molar-refractivity contribution in [1.29, 1.82) is 0 Å². The Morgan fingerprint density at radius 2 is 1.73 bits per heavy atom. The lowest BCUT2D eigenvalue weighted by Crippen LogP contribution is -2.49. The smallest absolute Gasteiger partial charge is 0.337 e. The summed E-state index contributed by atoms with van der Waals surface area (Å²) in [6.45, 7) is 19.6. The minimum atomic E-state index is -1.69. The number of benzene rings is 2. The molecule has 6 nitrogen and oxygen atoms in total. The summed E-state index contributed by atoms with van der Waals surface area (Å²) < 4.78 is 51.1. The molecule has 0 spiro atoms. The minimum Gasteiger partial charge on any atom is -0.478 e. The third-order valence-electron chi connectivity index (χ3n) is 5.52. The number of anilines is 2. The Morgan fingerprint density at radius 1 is 1.10 bits per heavy atom. The summed E-state index contributed by atoms with van der Waals surface area (Å²) in [5, 5.41) is 16.0. The molecule has 0 aliphatic heterocycles. The van der Waals surface area contributed by atoms with Crippen LogP contribution < -0.4 is 5.32 Å². The second-order valence-electron chi connectivity index (χ2n) is 12.3. The Bertz CT molecular complexity index is 1340. The summed E-state index contributed by atoms with van der Waals surface area (Å²) in [6.07, 6.45) is 0.352. The zero-order valence-corrected chi connectivity index (χ0v) is 26.7. The second kappa shape index (κ2) is 12.6. The zero-order valence-electron chi connectivity index (χ0n) is 24.7. The van der Waals surface area contributed by atoms with Crippen LogP contribution in [0, 0.1) is 34.3 Å². The Kier molecular flexibility index (Phi) is 10.5. The molecule has 0 fully saturated rings. The lowest BCUT2D eigenvalue weighted by molar-refractivity contribution is -0.123. The van der Waals surface area contributed by atoms with Gasteiger partial charge in [0.1, 0.15) is 13.9 Å². The predicted molar refractivity (Wildman–Crippen MR) is 158 cm³/mol. The van der Waals surface area contributed by atoms with Crippen molar-refractivity contribution in [2.45, 2.75) is 79.1 Å². The fourth-order valence-corrected chi connectivity index (χ4v) is 5.85.